The van der Waals surface area contributed by atoms with Gasteiger partial charge in [-0.05, 0) is 37.6 Å². The van der Waals surface area contributed by atoms with Gasteiger partial charge in [-0.1, -0.05) is 24.3 Å². The summed E-state index contributed by atoms with van der Waals surface area (Å²) in [7, 11) is -3.88. The van der Waals surface area contributed by atoms with Crippen molar-refractivity contribution < 1.29 is 17.9 Å². The van der Waals surface area contributed by atoms with Crippen LogP contribution in [0.2, 0.25) is 0 Å². The molecule has 0 aliphatic carbocycles. The summed E-state index contributed by atoms with van der Waals surface area (Å²) in [6.45, 7) is 4.28. The molecule has 4 rings (SSSR count). The molecule has 0 spiro atoms. The predicted octanol–water partition coefficient (Wildman–Crippen LogP) is 2.34. The van der Waals surface area contributed by atoms with Gasteiger partial charge in [0.25, 0.3) is 15.9 Å². The van der Waals surface area contributed by atoms with Gasteiger partial charge in [0, 0.05) is 13.0 Å². The highest BCUT2D eigenvalue weighted by Crippen LogP contribution is 2.41. The third kappa shape index (κ3) is 2.63. The summed E-state index contributed by atoms with van der Waals surface area (Å²) >= 11 is 0. The minimum atomic E-state index is -3.88. The molecule has 0 saturated heterocycles. The van der Waals surface area contributed by atoms with Gasteiger partial charge in [-0.3, -0.25) is 9.10 Å². The van der Waals surface area contributed by atoms with E-state index in [0.717, 1.165) is 5.56 Å². The fourth-order valence-corrected chi connectivity index (χ4v) is 5.17. The number of fused-ring (bicyclic) bond motifs is 2. The third-order valence-electron chi connectivity index (χ3n) is 4.64. The fraction of sp³-hybridized carbons (Fsp3) is 0.316. The molecule has 0 fully saturated rings. The number of ether oxygens (including phenoxy) is 1. The van der Waals surface area contributed by atoms with Crippen molar-refractivity contribution in [1.82, 2.24) is 5.32 Å². The van der Waals surface area contributed by atoms with Crippen LogP contribution in [-0.4, -0.2) is 33.0 Å². The van der Waals surface area contributed by atoms with Crippen LogP contribution in [0.1, 0.15) is 29.8 Å². The van der Waals surface area contributed by atoms with Gasteiger partial charge in [-0.25, -0.2) is 8.42 Å². The van der Waals surface area contributed by atoms with Gasteiger partial charge in [0.2, 0.25) is 0 Å². The Kier molecular flexibility index (Phi) is 3.73. The van der Waals surface area contributed by atoms with E-state index < -0.39 is 15.6 Å². The Labute approximate surface area is 152 Å². The van der Waals surface area contributed by atoms with E-state index in [9.17, 15) is 13.2 Å². The van der Waals surface area contributed by atoms with Crippen molar-refractivity contribution in [3.8, 4) is 5.75 Å². The van der Waals surface area contributed by atoms with E-state index in [1.807, 2.05) is 19.9 Å². The summed E-state index contributed by atoms with van der Waals surface area (Å²) in [4.78, 5) is 12.4. The van der Waals surface area contributed by atoms with E-state index in [-0.39, 0.29) is 23.9 Å². The van der Waals surface area contributed by atoms with Crippen molar-refractivity contribution >= 4 is 21.6 Å². The van der Waals surface area contributed by atoms with E-state index in [2.05, 4.69) is 5.32 Å². The monoisotopic (exact) mass is 372 g/mol. The number of carbonyl (C=O) groups excluding carboxylic acids is 1. The van der Waals surface area contributed by atoms with Crippen LogP contribution in [0.3, 0.4) is 0 Å². The van der Waals surface area contributed by atoms with E-state index in [1.165, 1.54) is 4.31 Å². The van der Waals surface area contributed by atoms with Crippen LogP contribution in [0.4, 0.5) is 5.69 Å². The molecule has 2 aliphatic heterocycles. The zero-order chi connectivity index (χ0) is 18.5. The number of amides is 1. The molecule has 0 aromatic heterocycles. The first-order chi connectivity index (χ1) is 12.3. The maximum atomic E-state index is 13.5. The maximum absolute atomic E-state index is 13.5. The van der Waals surface area contributed by atoms with Crippen LogP contribution in [0, 0.1) is 0 Å². The molecule has 26 heavy (non-hydrogen) atoms. The van der Waals surface area contributed by atoms with Gasteiger partial charge in [-0.2, -0.15) is 0 Å². The molecule has 2 heterocycles. The molecule has 0 atom stereocenters. The second-order valence-corrected chi connectivity index (χ2v) is 8.96. The first-order valence-electron chi connectivity index (χ1n) is 8.50. The van der Waals surface area contributed by atoms with E-state index in [0.29, 0.717) is 23.4 Å². The molecule has 6 nitrogen and oxygen atoms in total. The van der Waals surface area contributed by atoms with Crippen molar-refractivity contribution in [2.24, 2.45) is 0 Å². The van der Waals surface area contributed by atoms with Crippen LogP contribution in [0.15, 0.2) is 47.4 Å². The Hall–Kier alpha value is -2.54. The Morgan fingerprint density at radius 1 is 1.12 bits per heavy atom. The minimum Gasteiger partial charge on any atom is -0.486 e. The summed E-state index contributed by atoms with van der Waals surface area (Å²) in [5.74, 6) is 0.146. The first kappa shape index (κ1) is 16.9. The topological polar surface area (TPSA) is 75.7 Å². The Bertz CT molecular complexity index is 998. The second-order valence-electron chi connectivity index (χ2n) is 7.13. The number of hydrogen-bond acceptors (Lipinski definition) is 4. The molecule has 1 N–H and O–H groups in total. The highest BCUT2D eigenvalue weighted by Gasteiger charge is 2.38. The molecule has 2 aliphatic rings. The number of rotatable bonds is 2. The molecule has 0 unspecified atom stereocenters. The predicted molar refractivity (Wildman–Crippen MR) is 98.2 cm³/mol. The number of carbonyl (C=O) groups is 1. The number of nitrogens with zero attached hydrogens (tertiary/aromatic N) is 1. The quantitative estimate of drug-likeness (QED) is 0.878. The number of nitrogens with one attached hydrogen (secondary N) is 1. The molecule has 0 radical (unpaired) electrons. The van der Waals surface area contributed by atoms with Crippen LogP contribution in [-0.2, 0) is 16.4 Å². The van der Waals surface area contributed by atoms with Crippen LogP contribution >= 0.6 is 0 Å². The highest BCUT2D eigenvalue weighted by atomic mass is 32.2. The lowest BCUT2D eigenvalue weighted by atomic mass is 10.0. The molecular formula is C19H20N2O4S. The van der Waals surface area contributed by atoms with Crippen LogP contribution < -0.4 is 14.4 Å². The van der Waals surface area contributed by atoms with E-state index >= 15 is 0 Å². The molecule has 1 amide bonds. The fourth-order valence-electron chi connectivity index (χ4n) is 3.53. The average molecular weight is 372 g/mol. The van der Waals surface area contributed by atoms with Crippen molar-refractivity contribution in [2.45, 2.75) is 30.8 Å². The molecule has 136 valence electrons. The lowest BCUT2D eigenvalue weighted by Crippen LogP contribution is -2.35. The lowest BCUT2D eigenvalue weighted by molar-refractivity contribution is 0.0958. The Balaban J connectivity index is 1.86. The van der Waals surface area contributed by atoms with Gasteiger partial charge >= 0.3 is 0 Å². The standard InChI is InChI=1S/C19H20N2O4S/c1-19(2)12-13-6-5-9-16(17(13)25-19)26(23,24)21-11-10-20-18(22)14-7-3-4-8-15(14)21/h3-9H,10-12H2,1-2H3,(H,20,22). The Morgan fingerprint density at radius 2 is 1.88 bits per heavy atom. The van der Waals surface area contributed by atoms with E-state index in [4.69, 9.17) is 4.74 Å². The normalized spacial score (nSPS) is 18.4. The molecule has 0 saturated carbocycles. The highest BCUT2D eigenvalue weighted by molar-refractivity contribution is 7.93. The summed E-state index contributed by atoms with van der Waals surface area (Å²) in [5.41, 5.74) is 1.18. The van der Waals surface area contributed by atoms with E-state index in [1.54, 1.807) is 36.4 Å². The van der Waals surface area contributed by atoms with Crippen LogP contribution in [0.5, 0.6) is 5.75 Å². The summed E-state index contributed by atoms with van der Waals surface area (Å²) in [6.07, 6.45) is 0.655. The zero-order valence-electron chi connectivity index (χ0n) is 14.7. The summed E-state index contributed by atoms with van der Waals surface area (Å²) in [6, 6.07) is 11.9. The maximum Gasteiger partial charge on any atom is 0.268 e. The smallest absolute Gasteiger partial charge is 0.268 e. The number of sulfonamides is 1. The van der Waals surface area contributed by atoms with Gasteiger partial charge in [-0.15, -0.1) is 0 Å². The van der Waals surface area contributed by atoms with Crippen molar-refractivity contribution in [1.29, 1.82) is 0 Å². The average Bonchev–Trinajstić information content (AvgIpc) is 2.80. The van der Waals surface area contributed by atoms with Gasteiger partial charge in [0.15, 0.2) is 0 Å². The van der Waals surface area contributed by atoms with Crippen molar-refractivity contribution in [2.75, 3.05) is 17.4 Å². The number of para-hydroxylation sites is 2. The van der Waals surface area contributed by atoms with Crippen molar-refractivity contribution in [3.05, 3.63) is 53.6 Å². The summed E-state index contributed by atoms with van der Waals surface area (Å²) < 4.78 is 34.2. The Morgan fingerprint density at radius 3 is 2.69 bits per heavy atom. The van der Waals surface area contributed by atoms with Gasteiger partial charge in [0.1, 0.15) is 16.2 Å². The largest absolute Gasteiger partial charge is 0.486 e. The molecular weight excluding hydrogens is 352 g/mol. The summed E-state index contributed by atoms with van der Waals surface area (Å²) in [5, 5.41) is 2.74. The van der Waals surface area contributed by atoms with Gasteiger partial charge < -0.3 is 10.1 Å². The molecule has 7 heteroatoms. The second kappa shape index (κ2) is 5.74. The number of hydrogen-bond donors (Lipinski definition) is 1. The third-order valence-corrected chi connectivity index (χ3v) is 6.48. The molecule has 2 aromatic carbocycles. The number of anilines is 1. The number of benzene rings is 2. The van der Waals surface area contributed by atoms with Gasteiger partial charge in [0.05, 0.1) is 17.8 Å². The molecule has 0 bridgehead atoms. The lowest BCUT2D eigenvalue weighted by Gasteiger charge is -2.25. The molecule has 2 aromatic rings. The SMILES string of the molecule is CC1(C)Cc2cccc(S(=O)(=O)N3CCNC(=O)c4ccccc43)c2O1. The zero-order valence-corrected chi connectivity index (χ0v) is 15.5. The van der Waals surface area contributed by atoms with Crippen LogP contribution in [0.25, 0.3) is 0 Å². The first-order valence-corrected chi connectivity index (χ1v) is 9.94. The minimum absolute atomic E-state index is 0.143. The van der Waals surface area contributed by atoms with Crippen molar-refractivity contribution in [3.63, 3.8) is 0 Å².